The molecule has 29 heavy (non-hydrogen) atoms. The molecule has 0 aromatic heterocycles. The summed E-state index contributed by atoms with van der Waals surface area (Å²) >= 11 is 0. The van der Waals surface area contributed by atoms with Crippen LogP contribution in [0.15, 0.2) is 60.7 Å². The van der Waals surface area contributed by atoms with Crippen molar-refractivity contribution in [1.29, 1.82) is 0 Å². The van der Waals surface area contributed by atoms with Gasteiger partial charge in [-0.1, -0.05) is 74.5 Å². The molecule has 2 aliphatic rings. The lowest BCUT2D eigenvalue weighted by Gasteiger charge is -2.48. The van der Waals surface area contributed by atoms with E-state index in [-0.39, 0.29) is 12.5 Å². The van der Waals surface area contributed by atoms with E-state index in [1.54, 1.807) is 24.3 Å². The zero-order valence-corrected chi connectivity index (χ0v) is 16.7. The number of hydrogen-bond donors (Lipinski definition) is 1. The monoisotopic (exact) mass is 395 g/mol. The first-order valence-electron chi connectivity index (χ1n) is 9.67. The van der Waals surface area contributed by atoms with Crippen molar-refractivity contribution in [2.24, 2.45) is 5.41 Å². The second kappa shape index (κ2) is 6.97. The summed E-state index contributed by atoms with van der Waals surface area (Å²) in [7, 11) is 1.27. The van der Waals surface area contributed by atoms with Gasteiger partial charge < -0.3 is 19.5 Å². The Morgan fingerprint density at radius 3 is 2.24 bits per heavy atom. The molecule has 2 saturated heterocycles. The average molecular weight is 395 g/mol. The van der Waals surface area contributed by atoms with E-state index < -0.39 is 35.2 Å². The maximum atomic E-state index is 13.0. The average Bonchev–Trinajstić information content (AvgIpc) is 2.91. The summed E-state index contributed by atoms with van der Waals surface area (Å²) in [5.41, 5.74) is -0.920. The van der Waals surface area contributed by atoms with Crippen molar-refractivity contribution in [1.82, 2.24) is 4.90 Å². The van der Waals surface area contributed by atoms with E-state index in [2.05, 4.69) is 0 Å². The van der Waals surface area contributed by atoms with Crippen LogP contribution in [0.4, 0.5) is 0 Å². The lowest BCUT2D eigenvalue weighted by Crippen LogP contribution is -2.68. The number of methoxy groups -OCH3 is 1. The van der Waals surface area contributed by atoms with Crippen molar-refractivity contribution in [2.75, 3.05) is 7.11 Å². The molecule has 0 radical (unpaired) electrons. The predicted octanol–water partition coefficient (Wildman–Crippen LogP) is 2.25. The zero-order valence-electron chi connectivity index (χ0n) is 16.7. The van der Waals surface area contributed by atoms with Gasteiger partial charge in [-0.3, -0.25) is 4.79 Å². The number of ether oxygens (including phenoxy) is 2. The highest BCUT2D eigenvalue weighted by atomic mass is 16.5. The molecule has 0 bridgehead atoms. The van der Waals surface area contributed by atoms with Crippen molar-refractivity contribution in [3.8, 4) is 0 Å². The molecular weight excluding hydrogens is 370 g/mol. The normalized spacial score (nSPS) is 29.9. The Bertz CT molecular complexity index is 913. The van der Waals surface area contributed by atoms with E-state index in [1.807, 2.05) is 50.2 Å². The summed E-state index contributed by atoms with van der Waals surface area (Å²) in [4.78, 5) is 27.1. The number of amides is 1. The summed E-state index contributed by atoms with van der Waals surface area (Å²) in [6, 6.07) is 17.0. The molecule has 2 fully saturated rings. The fourth-order valence-corrected chi connectivity index (χ4v) is 4.82. The van der Waals surface area contributed by atoms with Crippen LogP contribution in [0.2, 0.25) is 0 Å². The Labute approximate surface area is 170 Å². The van der Waals surface area contributed by atoms with Gasteiger partial charge in [-0.25, -0.2) is 4.79 Å². The number of nitrogens with zero attached hydrogens (tertiary/aromatic N) is 1. The predicted molar refractivity (Wildman–Crippen MR) is 106 cm³/mol. The van der Waals surface area contributed by atoms with Gasteiger partial charge in [0.25, 0.3) is 5.91 Å². The standard InChI is InChI=1S/C23H25NO5/c1-22(2)18-17(29-14-15-10-6-4-7-11-15)20(25)24(18)19(21(26)28-3)23(22,27)16-12-8-5-9-13-16/h4-13,17-19,27H,14H2,1-3H3/t17-,18-,19-,23+/m1/s1. The van der Waals surface area contributed by atoms with Crippen LogP contribution in [0.5, 0.6) is 0 Å². The Hall–Kier alpha value is -2.70. The molecule has 0 unspecified atom stereocenters. The molecule has 2 aromatic carbocycles. The Kier molecular flexibility index (Phi) is 4.71. The fraction of sp³-hybridized carbons (Fsp3) is 0.391. The lowest BCUT2D eigenvalue weighted by atomic mass is 9.65. The summed E-state index contributed by atoms with van der Waals surface area (Å²) in [6.45, 7) is 4.02. The van der Waals surface area contributed by atoms with Gasteiger partial charge in [0, 0.05) is 5.41 Å². The van der Waals surface area contributed by atoms with Crippen LogP contribution in [0.1, 0.15) is 25.0 Å². The van der Waals surface area contributed by atoms with Gasteiger partial charge in [-0.05, 0) is 11.1 Å². The maximum Gasteiger partial charge on any atom is 0.332 e. The maximum absolute atomic E-state index is 13.0. The highest BCUT2D eigenvalue weighted by molar-refractivity contribution is 5.95. The largest absolute Gasteiger partial charge is 0.467 e. The molecule has 0 saturated carbocycles. The van der Waals surface area contributed by atoms with Gasteiger partial charge in [0.05, 0.1) is 19.8 Å². The summed E-state index contributed by atoms with van der Waals surface area (Å²) in [5.74, 6) is -0.942. The third-order valence-corrected chi connectivity index (χ3v) is 6.39. The lowest BCUT2D eigenvalue weighted by molar-refractivity contribution is -0.184. The molecule has 0 spiro atoms. The van der Waals surface area contributed by atoms with Gasteiger partial charge in [0.1, 0.15) is 5.60 Å². The first-order chi connectivity index (χ1) is 13.8. The van der Waals surface area contributed by atoms with Crippen LogP contribution in [0.25, 0.3) is 0 Å². The molecule has 1 N–H and O–H groups in total. The minimum absolute atomic E-state index is 0.282. The molecule has 4 rings (SSSR count). The zero-order chi connectivity index (χ0) is 20.8. The van der Waals surface area contributed by atoms with Crippen molar-refractivity contribution in [3.05, 3.63) is 71.8 Å². The summed E-state index contributed by atoms with van der Waals surface area (Å²) < 4.78 is 10.9. The number of carbonyl (C=O) groups excluding carboxylic acids is 2. The van der Waals surface area contributed by atoms with Gasteiger partial charge in [-0.15, -0.1) is 0 Å². The van der Waals surface area contributed by atoms with E-state index in [0.717, 1.165) is 5.56 Å². The molecule has 1 amide bonds. The Morgan fingerprint density at radius 1 is 1.07 bits per heavy atom. The molecule has 152 valence electrons. The summed E-state index contributed by atoms with van der Waals surface area (Å²) in [6.07, 6.45) is -0.727. The van der Waals surface area contributed by atoms with Crippen LogP contribution in [-0.4, -0.2) is 47.2 Å². The van der Waals surface area contributed by atoms with Crippen molar-refractivity contribution in [2.45, 2.75) is 44.2 Å². The number of benzene rings is 2. The number of hydrogen-bond acceptors (Lipinski definition) is 5. The molecule has 2 aliphatic heterocycles. The second-order valence-electron chi connectivity index (χ2n) is 8.19. The number of esters is 1. The van der Waals surface area contributed by atoms with Gasteiger partial charge in [0.15, 0.2) is 12.1 Å². The van der Waals surface area contributed by atoms with Gasteiger partial charge in [-0.2, -0.15) is 0 Å². The van der Waals surface area contributed by atoms with E-state index in [0.29, 0.717) is 5.56 Å². The van der Waals surface area contributed by atoms with Crippen LogP contribution in [-0.2, 0) is 31.3 Å². The van der Waals surface area contributed by atoms with Crippen LogP contribution in [0, 0.1) is 5.41 Å². The molecule has 4 atom stereocenters. The Balaban J connectivity index is 1.70. The van der Waals surface area contributed by atoms with E-state index in [9.17, 15) is 14.7 Å². The van der Waals surface area contributed by atoms with E-state index in [1.165, 1.54) is 12.0 Å². The van der Waals surface area contributed by atoms with Crippen LogP contribution >= 0.6 is 0 Å². The molecule has 2 aromatic rings. The third kappa shape index (κ3) is 2.70. The van der Waals surface area contributed by atoms with Crippen LogP contribution < -0.4 is 0 Å². The third-order valence-electron chi connectivity index (χ3n) is 6.39. The number of rotatable bonds is 5. The van der Waals surface area contributed by atoms with Crippen molar-refractivity contribution >= 4 is 11.9 Å². The van der Waals surface area contributed by atoms with E-state index >= 15 is 0 Å². The Morgan fingerprint density at radius 2 is 1.66 bits per heavy atom. The van der Waals surface area contributed by atoms with Gasteiger partial charge >= 0.3 is 5.97 Å². The topological polar surface area (TPSA) is 76.1 Å². The quantitative estimate of drug-likeness (QED) is 0.621. The highest BCUT2D eigenvalue weighted by Crippen LogP contribution is 2.59. The highest BCUT2D eigenvalue weighted by Gasteiger charge is 2.75. The van der Waals surface area contributed by atoms with Crippen molar-refractivity contribution in [3.63, 3.8) is 0 Å². The SMILES string of the molecule is COC(=O)[C@H]1N2C(=O)[C@H](OCc3ccccc3)[C@@H]2C(C)(C)[C@]1(O)c1ccccc1. The van der Waals surface area contributed by atoms with Gasteiger partial charge in [0.2, 0.25) is 0 Å². The second-order valence-corrected chi connectivity index (χ2v) is 8.19. The molecule has 6 heteroatoms. The number of aliphatic hydroxyl groups is 1. The number of carbonyl (C=O) groups is 2. The number of fused-ring (bicyclic) bond motifs is 1. The van der Waals surface area contributed by atoms with E-state index in [4.69, 9.17) is 9.47 Å². The molecule has 0 aliphatic carbocycles. The minimum atomic E-state index is -1.60. The number of β-lactam (4-membered cyclic amide) rings is 1. The first-order valence-corrected chi connectivity index (χ1v) is 9.67. The van der Waals surface area contributed by atoms with Crippen molar-refractivity contribution < 1.29 is 24.2 Å². The smallest absolute Gasteiger partial charge is 0.332 e. The molecule has 2 heterocycles. The van der Waals surface area contributed by atoms with Crippen LogP contribution in [0.3, 0.4) is 0 Å². The molecular formula is C23H25NO5. The fourth-order valence-electron chi connectivity index (χ4n) is 4.82. The minimum Gasteiger partial charge on any atom is -0.467 e. The summed E-state index contributed by atoms with van der Waals surface area (Å²) in [5, 5.41) is 11.9. The first kappa shape index (κ1) is 19.6. The molecule has 6 nitrogen and oxygen atoms in total.